The van der Waals surface area contributed by atoms with Crippen molar-refractivity contribution in [3.63, 3.8) is 0 Å². The molecule has 168 valence electrons. The Morgan fingerprint density at radius 3 is 2.91 bits per heavy atom. The molecule has 1 aliphatic rings. The topological polar surface area (TPSA) is 127 Å². The molecule has 0 unspecified atom stereocenters. The molecule has 0 spiro atoms. The van der Waals surface area contributed by atoms with Gasteiger partial charge in [0.25, 0.3) is 0 Å². The van der Waals surface area contributed by atoms with Crippen molar-refractivity contribution in [2.75, 3.05) is 18.8 Å². The van der Waals surface area contributed by atoms with Crippen LogP contribution in [0.1, 0.15) is 42.7 Å². The predicted molar refractivity (Wildman–Crippen MR) is 118 cm³/mol. The molecule has 11 heteroatoms. The smallest absolute Gasteiger partial charge is 0.223 e. The number of anilines is 1. The summed E-state index contributed by atoms with van der Waals surface area (Å²) >= 11 is 0. The van der Waals surface area contributed by atoms with E-state index in [1.165, 1.54) is 16.3 Å². The van der Waals surface area contributed by atoms with E-state index in [9.17, 15) is 4.39 Å². The van der Waals surface area contributed by atoms with Gasteiger partial charge in [0.15, 0.2) is 11.5 Å². The van der Waals surface area contributed by atoms with E-state index in [-0.39, 0.29) is 17.1 Å². The zero-order valence-corrected chi connectivity index (χ0v) is 18.4. The quantitative estimate of drug-likeness (QED) is 0.494. The number of nitrogens with zero attached hydrogens (tertiary/aromatic N) is 9. The first-order chi connectivity index (χ1) is 15.9. The van der Waals surface area contributed by atoms with Gasteiger partial charge >= 0.3 is 0 Å². The van der Waals surface area contributed by atoms with Gasteiger partial charge in [0.05, 0.1) is 22.6 Å². The van der Waals surface area contributed by atoms with Crippen molar-refractivity contribution in [2.24, 2.45) is 0 Å². The molecule has 0 bridgehead atoms. The standard InChI is InChI=1S/C22H23FN10/c1-13(2)32-18-6-8-31(12-17(18)28-30-32)9-7-19-27-20-10-16(26-22(25)33(20)29-19)15-5-3-4-14(11-24)21(15)23/h3-5,10,13H,6-9,12H2,1-2H3,(H2,25,26). The highest BCUT2D eigenvalue weighted by molar-refractivity contribution is 5.67. The summed E-state index contributed by atoms with van der Waals surface area (Å²) in [6.45, 7) is 6.65. The van der Waals surface area contributed by atoms with Crippen LogP contribution in [0.2, 0.25) is 0 Å². The number of nitrogen functional groups attached to an aromatic ring is 1. The Morgan fingerprint density at radius 1 is 1.27 bits per heavy atom. The van der Waals surface area contributed by atoms with Crippen LogP contribution in [0.3, 0.4) is 0 Å². The highest BCUT2D eigenvalue weighted by Gasteiger charge is 2.23. The Kier molecular flexibility index (Phi) is 5.22. The molecule has 0 radical (unpaired) electrons. The molecule has 0 amide bonds. The zero-order chi connectivity index (χ0) is 23.1. The van der Waals surface area contributed by atoms with Crippen LogP contribution in [-0.4, -0.2) is 52.6 Å². The van der Waals surface area contributed by atoms with E-state index >= 15 is 0 Å². The van der Waals surface area contributed by atoms with Crippen molar-refractivity contribution < 1.29 is 4.39 Å². The highest BCUT2D eigenvalue weighted by atomic mass is 19.1. The van der Waals surface area contributed by atoms with Crippen LogP contribution in [-0.2, 0) is 19.4 Å². The average Bonchev–Trinajstić information content (AvgIpc) is 3.41. The maximum atomic E-state index is 14.6. The molecule has 0 atom stereocenters. The van der Waals surface area contributed by atoms with E-state index in [1.54, 1.807) is 18.2 Å². The lowest BCUT2D eigenvalue weighted by Crippen LogP contribution is -2.33. The minimum atomic E-state index is -0.630. The predicted octanol–water partition coefficient (Wildman–Crippen LogP) is 2.16. The van der Waals surface area contributed by atoms with E-state index in [0.717, 1.165) is 31.7 Å². The first-order valence-electron chi connectivity index (χ1n) is 10.8. The van der Waals surface area contributed by atoms with Crippen molar-refractivity contribution in [1.29, 1.82) is 5.26 Å². The number of halogens is 1. The summed E-state index contributed by atoms with van der Waals surface area (Å²) in [5.41, 5.74) is 9.26. The number of hydrogen-bond acceptors (Lipinski definition) is 8. The molecule has 4 heterocycles. The van der Waals surface area contributed by atoms with Gasteiger partial charge in [0.2, 0.25) is 5.95 Å². The summed E-state index contributed by atoms with van der Waals surface area (Å²) < 4.78 is 18.1. The third-order valence-electron chi connectivity index (χ3n) is 5.84. The second-order valence-corrected chi connectivity index (χ2v) is 8.37. The second kappa shape index (κ2) is 8.22. The minimum Gasteiger partial charge on any atom is -0.368 e. The fourth-order valence-corrected chi connectivity index (χ4v) is 4.16. The Bertz CT molecular complexity index is 1380. The Morgan fingerprint density at radius 2 is 2.12 bits per heavy atom. The SMILES string of the molecule is CC(C)n1nnc2c1CCN(CCc1nc3cc(-c4cccc(C#N)c4F)nc(N)n3n1)C2. The summed E-state index contributed by atoms with van der Waals surface area (Å²) in [6, 6.07) is 8.36. The largest absolute Gasteiger partial charge is 0.368 e. The molecule has 5 rings (SSSR count). The molecular formula is C22H23FN10. The molecule has 0 saturated heterocycles. The van der Waals surface area contributed by atoms with Gasteiger partial charge in [-0.3, -0.25) is 4.90 Å². The van der Waals surface area contributed by atoms with Crippen LogP contribution in [0, 0.1) is 17.1 Å². The Balaban J connectivity index is 1.34. The van der Waals surface area contributed by atoms with Crippen LogP contribution in [0.5, 0.6) is 0 Å². The third-order valence-corrected chi connectivity index (χ3v) is 5.84. The van der Waals surface area contributed by atoms with Gasteiger partial charge in [-0.25, -0.2) is 19.0 Å². The molecule has 10 nitrogen and oxygen atoms in total. The summed E-state index contributed by atoms with van der Waals surface area (Å²) in [4.78, 5) is 11.2. The first kappa shape index (κ1) is 21.0. The van der Waals surface area contributed by atoms with Crippen molar-refractivity contribution in [1.82, 2.24) is 39.5 Å². The van der Waals surface area contributed by atoms with Crippen LogP contribution in [0.15, 0.2) is 24.3 Å². The van der Waals surface area contributed by atoms with Crippen molar-refractivity contribution >= 4 is 11.6 Å². The number of fused-ring (bicyclic) bond motifs is 2. The normalized spacial score (nSPS) is 14.0. The zero-order valence-electron chi connectivity index (χ0n) is 18.4. The lowest BCUT2D eigenvalue weighted by molar-refractivity contribution is 0.249. The van der Waals surface area contributed by atoms with Gasteiger partial charge in [-0.1, -0.05) is 11.3 Å². The average molecular weight is 446 g/mol. The molecule has 0 aliphatic carbocycles. The van der Waals surface area contributed by atoms with Gasteiger partial charge in [-0.15, -0.1) is 10.2 Å². The number of nitrogens with two attached hydrogens (primary N) is 1. The lowest BCUT2D eigenvalue weighted by atomic mass is 10.1. The summed E-state index contributed by atoms with van der Waals surface area (Å²) in [5, 5.41) is 22.2. The summed E-state index contributed by atoms with van der Waals surface area (Å²) in [7, 11) is 0. The summed E-state index contributed by atoms with van der Waals surface area (Å²) in [5.74, 6) is 0.106. The lowest BCUT2D eigenvalue weighted by Gasteiger charge is -2.26. The van der Waals surface area contributed by atoms with E-state index in [1.807, 2.05) is 10.8 Å². The number of aromatic nitrogens is 7. The fourth-order valence-electron chi connectivity index (χ4n) is 4.16. The molecule has 0 saturated carbocycles. The Labute approximate surface area is 189 Å². The van der Waals surface area contributed by atoms with Crippen LogP contribution in [0.4, 0.5) is 10.3 Å². The molecular weight excluding hydrogens is 423 g/mol. The van der Waals surface area contributed by atoms with Crippen molar-refractivity contribution in [3.8, 4) is 17.3 Å². The maximum absolute atomic E-state index is 14.6. The van der Waals surface area contributed by atoms with Crippen LogP contribution in [0.25, 0.3) is 16.9 Å². The van der Waals surface area contributed by atoms with E-state index < -0.39 is 5.82 Å². The Hall–Kier alpha value is -3.91. The maximum Gasteiger partial charge on any atom is 0.223 e. The van der Waals surface area contributed by atoms with Crippen LogP contribution >= 0.6 is 0 Å². The van der Waals surface area contributed by atoms with E-state index in [4.69, 9.17) is 11.0 Å². The molecule has 33 heavy (non-hydrogen) atoms. The van der Waals surface area contributed by atoms with Crippen molar-refractivity contribution in [3.05, 3.63) is 52.9 Å². The number of nitriles is 1. The van der Waals surface area contributed by atoms with Gasteiger partial charge in [0.1, 0.15) is 11.9 Å². The highest BCUT2D eigenvalue weighted by Crippen LogP contribution is 2.25. The fraction of sp³-hybridized carbons (Fsp3) is 0.364. The van der Waals surface area contributed by atoms with E-state index in [2.05, 4.69) is 44.1 Å². The van der Waals surface area contributed by atoms with Gasteiger partial charge < -0.3 is 5.73 Å². The first-order valence-corrected chi connectivity index (χ1v) is 10.8. The number of benzene rings is 1. The molecule has 0 fully saturated rings. The van der Waals surface area contributed by atoms with E-state index in [0.29, 0.717) is 29.6 Å². The second-order valence-electron chi connectivity index (χ2n) is 8.37. The minimum absolute atomic E-state index is 0.0481. The molecule has 2 N–H and O–H groups in total. The number of rotatable bonds is 5. The third kappa shape index (κ3) is 3.78. The van der Waals surface area contributed by atoms with Crippen LogP contribution < -0.4 is 5.73 Å². The summed E-state index contributed by atoms with van der Waals surface area (Å²) in [6.07, 6.45) is 1.54. The number of hydrogen-bond donors (Lipinski definition) is 1. The molecule has 3 aromatic heterocycles. The van der Waals surface area contributed by atoms with Crippen molar-refractivity contribution in [2.45, 2.75) is 39.3 Å². The monoisotopic (exact) mass is 446 g/mol. The van der Waals surface area contributed by atoms with Gasteiger partial charge in [-0.2, -0.15) is 9.78 Å². The molecule has 1 aromatic carbocycles. The van der Waals surface area contributed by atoms with Gasteiger partial charge in [-0.05, 0) is 26.0 Å². The van der Waals surface area contributed by atoms with Gasteiger partial charge in [0, 0.05) is 50.1 Å². The molecule has 1 aliphatic heterocycles. The molecule has 4 aromatic rings.